The lowest BCUT2D eigenvalue weighted by Gasteiger charge is -2.16. The highest BCUT2D eigenvalue weighted by atomic mass is 16.4. The highest BCUT2D eigenvalue weighted by molar-refractivity contribution is 5.76. The fourth-order valence-electron chi connectivity index (χ4n) is 2.57. The molecule has 0 aromatic carbocycles. The van der Waals surface area contributed by atoms with Gasteiger partial charge in [0.15, 0.2) is 0 Å². The molecular weight excluding hydrogens is 262 g/mol. The molecule has 2 atom stereocenters. The van der Waals surface area contributed by atoms with Gasteiger partial charge in [-0.3, -0.25) is 14.2 Å². The predicted octanol–water partition coefficient (Wildman–Crippen LogP) is -0.140. The number of carboxylic acid groups (broad SMARTS) is 1. The van der Waals surface area contributed by atoms with Crippen molar-refractivity contribution in [3.8, 4) is 0 Å². The summed E-state index contributed by atoms with van der Waals surface area (Å²) in [4.78, 5) is 37.7. The molecule has 1 aromatic heterocycles. The molecule has 0 bridgehead atoms. The summed E-state index contributed by atoms with van der Waals surface area (Å²) in [5.74, 6) is -1.51. The summed E-state index contributed by atoms with van der Waals surface area (Å²) in [5.41, 5.74) is -0.480. The van der Waals surface area contributed by atoms with Crippen molar-refractivity contribution < 1.29 is 14.7 Å². The first kappa shape index (κ1) is 14.2. The van der Waals surface area contributed by atoms with Gasteiger partial charge in [0.25, 0.3) is 0 Å². The average molecular weight is 279 g/mol. The molecule has 0 saturated heterocycles. The van der Waals surface area contributed by atoms with Crippen LogP contribution in [0.2, 0.25) is 0 Å². The SMILES string of the molecule is O=C(Cn1cccnc1=O)NCC1CCCC1C(=O)O. The van der Waals surface area contributed by atoms with Crippen LogP contribution in [0.1, 0.15) is 19.3 Å². The third kappa shape index (κ3) is 3.43. The highest BCUT2D eigenvalue weighted by Crippen LogP contribution is 2.31. The molecular formula is C13H17N3O4. The van der Waals surface area contributed by atoms with Gasteiger partial charge >= 0.3 is 11.7 Å². The number of aromatic nitrogens is 2. The minimum Gasteiger partial charge on any atom is -0.481 e. The Hall–Kier alpha value is -2.18. The molecule has 1 fully saturated rings. The number of carboxylic acids is 1. The highest BCUT2D eigenvalue weighted by Gasteiger charge is 2.32. The van der Waals surface area contributed by atoms with Crippen LogP contribution in [0.15, 0.2) is 23.3 Å². The van der Waals surface area contributed by atoms with Crippen molar-refractivity contribution >= 4 is 11.9 Å². The molecule has 20 heavy (non-hydrogen) atoms. The largest absolute Gasteiger partial charge is 0.481 e. The molecule has 0 radical (unpaired) electrons. The molecule has 7 heteroatoms. The summed E-state index contributed by atoms with van der Waals surface area (Å²) in [6.07, 6.45) is 5.21. The number of aliphatic carboxylic acids is 1. The topological polar surface area (TPSA) is 101 Å². The Morgan fingerprint density at radius 1 is 1.45 bits per heavy atom. The number of hydrogen-bond acceptors (Lipinski definition) is 4. The zero-order valence-electron chi connectivity index (χ0n) is 11.0. The standard InChI is InChI=1S/C13H17N3O4/c17-11(8-16-6-2-5-14-13(16)20)15-7-9-3-1-4-10(9)12(18)19/h2,5-6,9-10H,1,3-4,7-8H2,(H,15,17)(H,18,19). The van der Waals surface area contributed by atoms with Crippen molar-refractivity contribution in [3.63, 3.8) is 0 Å². The molecule has 108 valence electrons. The maximum Gasteiger partial charge on any atom is 0.347 e. The Morgan fingerprint density at radius 3 is 2.95 bits per heavy atom. The molecule has 1 saturated carbocycles. The number of rotatable bonds is 5. The second kappa shape index (κ2) is 6.31. The van der Waals surface area contributed by atoms with Crippen LogP contribution in [-0.4, -0.2) is 33.1 Å². The lowest BCUT2D eigenvalue weighted by Crippen LogP contribution is -2.37. The van der Waals surface area contributed by atoms with Gasteiger partial charge in [0.2, 0.25) is 5.91 Å². The zero-order chi connectivity index (χ0) is 14.5. The van der Waals surface area contributed by atoms with E-state index in [1.54, 1.807) is 6.07 Å². The maximum absolute atomic E-state index is 11.8. The van der Waals surface area contributed by atoms with Crippen LogP contribution < -0.4 is 11.0 Å². The normalized spacial score (nSPS) is 21.6. The van der Waals surface area contributed by atoms with E-state index in [0.29, 0.717) is 13.0 Å². The maximum atomic E-state index is 11.8. The Labute approximate surface area is 115 Å². The molecule has 7 nitrogen and oxygen atoms in total. The van der Waals surface area contributed by atoms with E-state index in [2.05, 4.69) is 10.3 Å². The van der Waals surface area contributed by atoms with E-state index in [4.69, 9.17) is 5.11 Å². The van der Waals surface area contributed by atoms with Gasteiger partial charge in [-0.2, -0.15) is 0 Å². The Morgan fingerprint density at radius 2 is 2.25 bits per heavy atom. The van der Waals surface area contributed by atoms with Gasteiger partial charge in [0.05, 0.1) is 5.92 Å². The van der Waals surface area contributed by atoms with Crippen LogP contribution in [0.5, 0.6) is 0 Å². The Kier molecular flexibility index (Phi) is 4.49. The van der Waals surface area contributed by atoms with Crippen molar-refractivity contribution in [1.29, 1.82) is 0 Å². The molecule has 2 unspecified atom stereocenters. The fraction of sp³-hybridized carbons (Fsp3) is 0.538. The summed E-state index contributed by atoms with van der Waals surface area (Å²) in [6.45, 7) is 0.238. The smallest absolute Gasteiger partial charge is 0.347 e. The fourth-order valence-corrected chi connectivity index (χ4v) is 2.57. The molecule has 0 aliphatic heterocycles. The monoisotopic (exact) mass is 279 g/mol. The molecule has 2 rings (SSSR count). The number of hydrogen-bond donors (Lipinski definition) is 2. The number of nitrogens with one attached hydrogen (secondary N) is 1. The van der Waals surface area contributed by atoms with Gasteiger partial charge < -0.3 is 10.4 Å². The van der Waals surface area contributed by atoms with Crippen LogP contribution in [0.25, 0.3) is 0 Å². The van der Waals surface area contributed by atoms with Crippen molar-refractivity contribution in [2.45, 2.75) is 25.8 Å². The third-order valence-corrected chi connectivity index (χ3v) is 3.63. The Bertz CT molecular complexity index is 555. The molecule has 2 N–H and O–H groups in total. The zero-order valence-corrected chi connectivity index (χ0v) is 11.0. The summed E-state index contributed by atoms with van der Waals surface area (Å²) < 4.78 is 1.21. The number of amides is 1. The van der Waals surface area contributed by atoms with Gasteiger partial charge in [-0.1, -0.05) is 6.42 Å². The van der Waals surface area contributed by atoms with Gasteiger partial charge in [-0.05, 0) is 24.8 Å². The first-order valence-electron chi connectivity index (χ1n) is 6.59. The predicted molar refractivity (Wildman–Crippen MR) is 70.0 cm³/mol. The molecule has 1 aliphatic rings. The number of carbonyl (C=O) groups excluding carboxylic acids is 1. The summed E-state index contributed by atoms with van der Waals surface area (Å²) in [5, 5.41) is 11.7. The van der Waals surface area contributed by atoms with Crippen LogP contribution in [0, 0.1) is 11.8 Å². The number of carbonyl (C=O) groups is 2. The van der Waals surface area contributed by atoms with Gasteiger partial charge in [0, 0.05) is 18.9 Å². The van der Waals surface area contributed by atoms with E-state index in [0.717, 1.165) is 12.8 Å². The van der Waals surface area contributed by atoms with Crippen molar-refractivity contribution in [2.24, 2.45) is 11.8 Å². The van der Waals surface area contributed by atoms with Gasteiger partial charge in [0.1, 0.15) is 6.54 Å². The van der Waals surface area contributed by atoms with Crippen molar-refractivity contribution in [3.05, 3.63) is 28.9 Å². The second-order valence-electron chi connectivity index (χ2n) is 4.97. The van der Waals surface area contributed by atoms with Gasteiger partial charge in [-0.25, -0.2) is 9.78 Å². The minimum absolute atomic E-state index is 0.0259. The number of nitrogens with zero attached hydrogens (tertiary/aromatic N) is 2. The van der Waals surface area contributed by atoms with E-state index in [-0.39, 0.29) is 24.3 Å². The quantitative estimate of drug-likeness (QED) is 0.781. The van der Waals surface area contributed by atoms with E-state index < -0.39 is 11.7 Å². The first-order chi connectivity index (χ1) is 9.58. The van der Waals surface area contributed by atoms with Crippen LogP contribution in [-0.2, 0) is 16.1 Å². The lowest BCUT2D eigenvalue weighted by atomic mass is 9.96. The van der Waals surface area contributed by atoms with E-state index >= 15 is 0 Å². The lowest BCUT2D eigenvalue weighted by molar-refractivity contribution is -0.143. The Balaban J connectivity index is 1.85. The van der Waals surface area contributed by atoms with Crippen molar-refractivity contribution in [2.75, 3.05) is 6.54 Å². The van der Waals surface area contributed by atoms with Crippen LogP contribution in [0.4, 0.5) is 0 Å². The molecule has 1 aromatic rings. The summed E-state index contributed by atoms with van der Waals surface area (Å²) in [6, 6.07) is 1.58. The van der Waals surface area contributed by atoms with E-state index in [9.17, 15) is 14.4 Å². The molecule has 1 amide bonds. The molecule has 1 heterocycles. The minimum atomic E-state index is -0.801. The average Bonchev–Trinajstić information content (AvgIpc) is 2.88. The van der Waals surface area contributed by atoms with E-state index in [1.807, 2.05) is 0 Å². The summed E-state index contributed by atoms with van der Waals surface area (Å²) >= 11 is 0. The first-order valence-corrected chi connectivity index (χ1v) is 6.59. The van der Waals surface area contributed by atoms with Gasteiger partial charge in [-0.15, -0.1) is 0 Å². The molecule has 0 spiro atoms. The van der Waals surface area contributed by atoms with Crippen molar-refractivity contribution in [1.82, 2.24) is 14.9 Å². The molecule has 1 aliphatic carbocycles. The summed E-state index contributed by atoms with van der Waals surface area (Å²) in [7, 11) is 0. The van der Waals surface area contributed by atoms with E-state index in [1.165, 1.54) is 17.0 Å². The third-order valence-electron chi connectivity index (χ3n) is 3.63. The second-order valence-corrected chi connectivity index (χ2v) is 4.97. The van der Waals surface area contributed by atoms with Crippen LogP contribution in [0.3, 0.4) is 0 Å². The van der Waals surface area contributed by atoms with Crippen LogP contribution >= 0.6 is 0 Å².